The normalized spacial score (nSPS) is 20.2. The van der Waals surface area contributed by atoms with Crippen molar-refractivity contribution >= 4 is 11.7 Å². The van der Waals surface area contributed by atoms with Crippen LogP contribution in [-0.4, -0.2) is 54.1 Å². The van der Waals surface area contributed by atoms with Crippen LogP contribution in [0, 0.1) is 0 Å². The molecule has 1 fully saturated rings. The minimum absolute atomic E-state index is 0.250. The van der Waals surface area contributed by atoms with Crippen LogP contribution in [0.2, 0.25) is 0 Å². The molecule has 0 saturated carbocycles. The van der Waals surface area contributed by atoms with Crippen LogP contribution in [0.15, 0.2) is 18.2 Å². The number of nitrogens with two attached hydrogens (primary N) is 1. The van der Waals surface area contributed by atoms with Gasteiger partial charge >= 0.3 is 5.97 Å². The van der Waals surface area contributed by atoms with Crippen molar-refractivity contribution in [3.63, 3.8) is 0 Å². The van der Waals surface area contributed by atoms with Crippen molar-refractivity contribution in [2.24, 2.45) is 0 Å². The maximum Gasteiger partial charge on any atom is 0.338 e. The van der Waals surface area contributed by atoms with Gasteiger partial charge in [-0.3, -0.25) is 4.90 Å². The van der Waals surface area contributed by atoms with Crippen LogP contribution in [0.5, 0.6) is 0 Å². The number of carbonyl (C=O) groups is 1. The molecule has 0 aliphatic carbocycles. The maximum absolute atomic E-state index is 11.4. The monoisotopic (exact) mass is 277 g/mol. The number of anilines is 1. The van der Waals surface area contributed by atoms with Crippen LogP contribution < -0.4 is 5.73 Å². The Hall–Kier alpha value is -1.59. The molecular weight excluding hydrogens is 254 g/mol. The zero-order valence-corrected chi connectivity index (χ0v) is 12.2. The lowest BCUT2D eigenvalue weighted by atomic mass is 10.0. The van der Waals surface area contributed by atoms with E-state index in [4.69, 9.17) is 5.73 Å². The van der Waals surface area contributed by atoms with Crippen molar-refractivity contribution in [3.8, 4) is 0 Å². The minimum Gasteiger partial charge on any atom is -0.478 e. The first-order valence-corrected chi connectivity index (χ1v) is 6.98. The van der Waals surface area contributed by atoms with E-state index in [0.29, 0.717) is 18.3 Å². The number of piperidine rings is 1. The lowest BCUT2D eigenvalue weighted by Crippen LogP contribution is -2.44. The van der Waals surface area contributed by atoms with E-state index in [0.717, 1.165) is 25.1 Å². The van der Waals surface area contributed by atoms with Gasteiger partial charge in [-0.25, -0.2) is 4.79 Å². The number of nitrogens with zero attached hydrogens (tertiary/aromatic N) is 2. The largest absolute Gasteiger partial charge is 0.478 e. The second-order valence-corrected chi connectivity index (χ2v) is 5.68. The second-order valence-electron chi connectivity index (χ2n) is 5.68. The summed E-state index contributed by atoms with van der Waals surface area (Å²) in [5, 5.41) is 9.31. The summed E-state index contributed by atoms with van der Waals surface area (Å²) >= 11 is 0. The first-order valence-electron chi connectivity index (χ1n) is 6.98. The van der Waals surface area contributed by atoms with Crippen molar-refractivity contribution in [2.45, 2.75) is 25.4 Å². The van der Waals surface area contributed by atoms with Crippen molar-refractivity contribution in [2.75, 3.05) is 32.9 Å². The molecule has 110 valence electrons. The Morgan fingerprint density at radius 2 is 2.25 bits per heavy atom. The summed E-state index contributed by atoms with van der Waals surface area (Å²) in [5.74, 6) is -0.945. The fraction of sp³-hybridized carbons (Fsp3) is 0.533. The van der Waals surface area contributed by atoms with E-state index in [2.05, 4.69) is 23.9 Å². The topological polar surface area (TPSA) is 69.8 Å². The summed E-state index contributed by atoms with van der Waals surface area (Å²) in [6, 6.07) is 5.87. The van der Waals surface area contributed by atoms with Gasteiger partial charge in [-0.2, -0.15) is 0 Å². The lowest BCUT2D eigenvalue weighted by molar-refractivity contribution is 0.0694. The fourth-order valence-electron chi connectivity index (χ4n) is 2.85. The third-order valence-corrected chi connectivity index (χ3v) is 4.00. The van der Waals surface area contributed by atoms with E-state index in [9.17, 15) is 9.90 Å². The molecule has 1 saturated heterocycles. The highest BCUT2D eigenvalue weighted by Crippen LogP contribution is 2.21. The van der Waals surface area contributed by atoms with Gasteiger partial charge in [0.15, 0.2) is 0 Å². The molecule has 1 unspecified atom stereocenters. The molecule has 0 amide bonds. The molecule has 1 aromatic carbocycles. The molecule has 0 spiro atoms. The van der Waals surface area contributed by atoms with E-state index >= 15 is 0 Å². The van der Waals surface area contributed by atoms with E-state index in [-0.39, 0.29) is 5.56 Å². The van der Waals surface area contributed by atoms with Crippen LogP contribution in [0.1, 0.15) is 28.8 Å². The van der Waals surface area contributed by atoms with Crippen LogP contribution in [0.25, 0.3) is 0 Å². The van der Waals surface area contributed by atoms with Gasteiger partial charge in [-0.15, -0.1) is 0 Å². The number of carboxylic acid groups (broad SMARTS) is 1. The Labute approximate surface area is 120 Å². The van der Waals surface area contributed by atoms with Crippen molar-refractivity contribution < 1.29 is 9.90 Å². The average Bonchev–Trinajstić information content (AvgIpc) is 2.38. The minimum atomic E-state index is -0.945. The third-order valence-electron chi connectivity index (χ3n) is 4.00. The number of hydrogen-bond donors (Lipinski definition) is 2. The molecule has 5 nitrogen and oxygen atoms in total. The number of likely N-dealkylation sites (N-methyl/N-ethyl adjacent to an activating group) is 1. The van der Waals surface area contributed by atoms with Gasteiger partial charge in [0.25, 0.3) is 0 Å². The van der Waals surface area contributed by atoms with Crippen molar-refractivity contribution in [1.29, 1.82) is 0 Å². The molecule has 3 N–H and O–H groups in total. The second kappa shape index (κ2) is 6.24. The van der Waals surface area contributed by atoms with E-state index < -0.39 is 5.97 Å². The number of rotatable bonds is 4. The Balaban J connectivity index is 2.14. The number of hydrogen-bond acceptors (Lipinski definition) is 4. The third kappa shape index (κ3) is 3.29. The average molecular weight is 277 g/mol. The van der Waals surface area contributed by atoms with Crippen molar-refractivity contribution in [1.82, 2.24) is 9.80 Å². The molecule has 1 aliphatic rings. The molecule has 2 rings (SSSR count). The zero-order valence-electron chi connectivity index (χ0n) is 12.2. The van der Waals surface area contributed by atoms with Gasteiger partial charge in [0.2, 0.25) is 0 Å². The molecule has 1 aromatic rings. The van der Waals surface area contributed by atoms with E-state index in [1.54, 1.807) is 6.07 Å². The number of nitrogen functional groups attached to an aromatic ring is 1. The molecule has 0 radical (unpaired) electrons. The van der Waals surface area contributed by atoms with Crippen LogP contribution in [0.4, 0.5) is 5.69 Å². The number of benzene rings is 1. The van der Waals surface area contributed by atoms with E-state index in [1.165, 1.54) is 6.42 Å². The molecule has 1 heterocycles. The molecule has 1 atom stereocenters. The zero-order chi connectivity index (χ0) is 14.7. The lowest BCUT2D eigenvalue weighted by Gasteiger charge is -2.36. The first kappa shape index (κ1) is 14.8. The van der Waals surface area contributed by atoms with Gasteiger partial charge < -0.3 is 15.7 Å². The van der Waals surface area contributed by atoms with Crippen LogP contribution in [0.3, 0.4) is 0 Å². The highest BCUT2D eigenvalue weighted by atomic mass is 16.4. The van der Waals surface area contributed by atoms with Gasteiger partial charge in [0, 0.05) is 24.8 Å². The summed E-state index contributed by atoms with van der Waals surface area (Å²) in [5.41, 5.74) is 7.19. The molecule has 0 aromatic heterocycles. The smallest absolute Gasteiger partial charge is 0.338 e. The quantitative estimate of drug-likeness (QED) is 0.816. The summed E-state index contributed by atoms with van der Waals surface area (Å²) in [7, 11) is 4.19. The van der Waals surface area contributed by atoms with Gasteiger partial charge in [0.05, 0.1) is 5.56 Å². The fourth-order valence-corrected chi connectivity index (χ4v) is 2.85. The van der Waals surface area contributed by atoms with E-state index in [1.807, 2.05) is 12.1 Å². The number of likely N-dealkylation sites (tertiary alicyclic amines) is 1. The van der Waals surface area contributed by atoms with Gasteiger partial charge in [-0.1, -0.05) is 12.1 Å². The molecule has 1 aliphatic heterocycles. The summed E-state index contributed by atoms with van der Waals surface area (Å²) in [4.78, 5) is 15.9. The summed E-state index contributed by atoms with van der Waals surface area (Å²) in [6.07, 6.45) is 2.35. The van der Waals surface area contributed by atoms with Crippen molar-refractivity contribution in [3.05, 3.63) is 29.3 Å². The predicted molar refractivity (Wildman–Crippen MR) is 79.8 cm³/mol. The molecule has 5 heteroatoms. The maximum atomic E-state index is 11.4. The highest BCUT2D eigenvalue weighted by Gasteiger charge is 2.23. The molecular formula is C15H23N3O2. The molecule has 0 bridgehead atoms. The summed E-state index contributed by atoms with van der Waals surface area (Å²) < 4.78 is 0. The van der Waals surface area contributed by atoms with Gasteiger partial charge in [-0.05, 0) is 45.1 Å². The SMILES string of the molecule is CN(C)C1CCCN(Cc2cccc(N)c2C(=O)O)C1. The molecule has 20 heavy (non-hydrogen) atoms. The van der Waals surface area contributed by atoms with Crippen LogP contribution in [-0.2, 0) is 6.54 Å². The number of aromatic carboxylic acids is 1. The Kier molecular flexibility index (Phi) is 4.62. The van der Waals surface area contributed by atoms with Crippen LogP contribution >= 0.6 is 0 Å². The summed E-state index contributed by atoms with van der Waals surface area (Å²) in [6.45, 7) is 2.63. The Morgan fingerprint density at radius 1 is 1.50 bits per heavy atom. The predicted octanol–water partition coefficient (Wildman–Crippen LogP) is 1.49. The Morgan fingerprint density at radius 3 is 2.90 bits per heavy atom. The standard InChI is InChI=1S/C15H23N3O2/c1-17(2)12-6-4-8-18(10-12)9-11-5-3-7-13(16)14(11)15(19)20/h3,5,7,12H,4,6,8-10,16H2,1-2H3,(H,19,20). The Bertz CT molecular complexity index is 488. The first-order chi connectivity index (χ1) is 9.49. The highest BCUT2D eigenvalue weighted by molar-refractivity contribution is 5.95. The number of carboxylic acids is 1. The van der Waals surface area contributed by atoms with Gasteiger partial charge in [0.1, 0.15) is 0 Å².